The van der Waals surface area contributed by atoms with E-state index in [-0.39, 0.29) is 5.95 Å². The van der Waals surface area contributed by atoms with Gasteiger partial charge in [-0.05, 0) is 19.3 Å². The van der Waals surface area contributed by atoms with Crippen LogP contribution in [0.15, 0.2) is 0 Å². The second-order valence-electron chi connectivity index (χ2n) is 4.88. The predicted octanol–water partition coefficient (Wildman–Crippen LogP) is 2.01. The van der Waals surface area contributed by atoms with Gasteiger partial charge in [-0.2, -0.15) is 15.0 Å². The fourth-order valence-electron chi connectivity index (χ4n) is 2.21. The number of nitrogens with two attached hydrogens (primary N) is 1. The van der Waals surface area contributed by atoms with Gasteiger partial charge < -0.3 is 15.4 Å². The predicted molar refractivity (Wildman–Crippen MR) is 75.3 cm³/mol. The first-order valence-corrected chi connectivity index (χ1v) is 7.19. The van der Waals surface area contributed by atoms with Crippen LogP contribution in [0.2, 0.25) is 0 Å². The summed E-state index contributed by atoms with van der Waals surface area (Å²) in [6.07, 6.45) is 7.16. The van der Waals surface area contributed by atoms with Gasteiger partial charge in [0.25, 0.3) is 0 Å². The Morgan fingerprint density at radius 1 is 1.05 bits per heavy atom. The van der Waals surface area contributed by atoms with Crippen LogP contribution in [0.3, 0.4) is 0 Å². The van der Waals surface area contributed by atoms with Gasteiger partial charge in [0.2, 0.25) is 11.9 Å². The first-order valence-electron chi connectivity index (χ1n) is 7.19. The molecule has 0 radical (unpaired) electrons. The molecular weight excluding hydrogens is 242 g/mol. The normalized spacial score (nSPS) is 16.8. The van der Waals surface area contributed by atoms with E-state index >= 15 is 0 Å². The zero-order chi connectivity index (χ0) is 13.5. The molecule has 0 aliphatic carbocycles. The lowest BCUT2D eigenvalue weighted by Gasteiger charge is -2.24. The summed E-state index contributed by atoms with van der Waals surface area (Å²) in [5.74, 6) is 0.888. The SMILES string of the molecule is CCCOc1nc(N)nc(N2CCCCCCC2)n1. The fraction of sp³-hybridized carbons (Fsp3) is 0.769. The molecule has 6 heteroatoms. The Bertz CT molecular complexity index is 391. The van der Waals surface area contributed by atoms with Crippen LogP contribution in [-0.4, -0.2) is 34.6 Å². The maximum absolute atomic E-state index is 5.74. The summed E-state index contributed by atoms with van der Waals surface area (Å²) in [5.41, 5.74) is 5.74. The highest BCUT2D eigenvalue weighted by molar-refractivity contribution is 5.35. The lowest BCUT2D eigenvalue weighted by molar-refractivity contribution is 0.292. The van der Waals surface area contributed by atoms with E-state index in [0.717, 1.165) is 19.5 Å². The number of nitrogen functional groups attached to an aromatic ring is 1. The molecule has 1 aromatic heterocycles. The molecule has 0 bridgehead atoms. The fourth-order valence-corrected chi connectivity index (χ4v) is 2.21. The number of aromatic nitrogens is 3. The molecular formula is C13H23N5O. The Hall–Kier alpha value is -1.59. The lowest BCUT2D eigenvalue weighted by atomic mass is 10.1. The standard InChI is InChI=1S/C13H23N5O/c1-2-10-19-13-16-11(14)15-12(17-13)18-8-6-4-3-5-7-9-18/h2-10H2,1H3,(H2,14,15,16,17). The second kappa shape index (κ2) is 7.11. The molecule has 19 heavy (non-hydrogen) atoms. The lowest BCUT2D eigenvalue weighted by Crippen LogP contribution is -2.29. The summed E-state index contributed by atoms with van der Waals surface area (Å²) in [5, 5.41) is 0. The van der Waals surface area contributed by atoms with Crippen molar-refractivity contribution in [2.75, 3.05) is 30.3 Å². The van der Waals surface area contributed by atoms with Crippen molar-refractivity contribution in [1.29, 1.82) is 0 Å². The maximum atomic E-state index is 5.74. The van der Waals surface area contributed by atoms with Gasteiger partial charge >= 0.3 is 6.01 Å². The molecule has 0 unspecified atom stereocenters. The number of anilines is 2. The smallest absolute Gasteiger partial charge is 0.323 e. The van der Waals surface area contributed by atoms with Crippen LogP contribution < -0.4 is 15.4 Å². The van der Waals surface area contributed by atoms with Crippen LogP contribution in [0.25, 0.3) is 0 Å². The van der Waals surface area contributed by atoms with Crippen molar-refractivity contribution in [3.63, 3.8) is 0 Å². The Morgan fingerprint density at radius 3 is 2.42 bits per heavy atom. The molecule has 2 heterocycles. The van der Waals surface area contributed by atoms with Crippen molar-refractivity contribution in [3.05, 3.63) is 0 Å². The summed E-state index contributed by atoms with van der Waals surface area (Å²) in [4.78, 5) is 14.8. The Balaban J connectivity index is 2.10. The van der Waals surface area contributed by atoms with E-state index in [4.69, 9.17) is 10.5 Å². The van der Waals surface area contributed by atoms with E-state index in [9.17, 15) is 0 Å². The molecule has 2 rings (SSSR count). The summed E-state index contributed by atoms with van der Waals surface area (Å²) in [6, 6.07) is 0.339. The van der Waals surface area contributed by atoms with Crippen LogP contribution in [0.4, 0.5) is 11.9 Å². The first kappa shape index (κ1) is 13.8. The minimum atomic E-state index is 0.234. The zero-order valence-corrected chi connectivity index (χ0v) is 11.6. The van der Waals surface area contributed by atoms with Crippen LogP contribution in [-0.2, 0) is 0 Å². The summed E-state index contributed by atoms with van der Waals surface area (Å²) < 4.78 is 5.45. The van der Waals surface area contributed by atoms with Crippen LogP contribution in [0.1, 0.15) is 45.4 Å². The molecule has 2 N–H and O–H groups in total. The van der Waals surface area contributed by atoms with Gasteiger partial charge in [-0.25, -0.2) is 0 Å². The van der Waals surface area contributed by atoms with Gasteiger partial charge in [0, 0.05) is 13.1 Å². The van der Waals surface area contributed by atoms with E-state index in [1.165, 1.54) is 32.1 Å². The molecule has 0 saturated carbocycles. The van der Waals surface area contributed by atoms with Gasteiger partial charge in [0.1, 0.15) is 0 Å². The highest BCUT2D eigenvalue weighted by Gasteiger charge is 2.14. The third-order valence-electron chi connectivity index (χ3n) is 3.19. The number of hydrogen-bond donors (Lipinski definition) is 1. The average Bonchev–Trinajstić information content (AvgIpc) is 2.35. The van der Waals surface area contributed by atoms with E-state index in [1.54, 1.807) is 0 Å². The van der Waals surface area contributed by atoms with Crippen molar-refractivity contribution >= 4 is 11.9 Å². The molecule has 1 aromatic rings. The highest BCUT2D eigenvalue weighted by Crippen LogP contribution is 2.18. The monoisotopic (exact) mass is 265 g/mol. The summed E-state index contributed by atoms with van der Waals surface area (Å²) >= 11 is 0. The van der Waals surface area contributed by atoms with Crippen LogP contribution >= 0.6 is 0 Å². The second-order valence-corrected chi connectivity index (χ2v) is 4.88. The Labute approximate surface area is 114 Å². The molecule has 0 spiro atoms. The summed E-state index contributed by atoms with van der Waals surface area (Å²) in [7, 11) is 0. The van der Waals surface area contributed by atoms with Gasteiger partial charge in [0.15, 0.2) is 0 Å². The van der Waals surface area contributed by atoms with Gasteiger partial charge in [-0.3, -0.25) is 0 Å². The van der Waals surface area contributed by atoms with Crippen LogP contribution in [0.5, 0.6) is 6.01 Å². The van der Waals surface area contributed by atoms with Crippen molar-refractivity contribution in [2.45, 2.75) is 45.4 Å². The molecule has 0 aromatic carbocycles. The van der Waals surface area contributed by atoms with E-state index in [0.29, 0.717) is 18.6 Å². The molecule has 0 atom stereocenters. The minimum Gasteiger partial charge on any atom is -0.463 e. The largest absolute Gasteiger partial charge is 0.463 e. The Kier molecular flexibility index (Phi) is 5.18. The van der Waals surface area contributed by atoms with E-state index in [2.05, 4.69) is 19.9 Å². The molecule has 1 fully saturated rings. The Morgan fingerprint density at radius 2 is 1.74 bits per heavy atom. The number of nitrogens with zero attached hydrogens (tertiary/aromatic N) is 4. The number of rotatable bonds is 4. The van der Waals surface area contributed by atoms with Gasteiger partial charge in [0.05, 0.1) is 6.61 Å². The molecule has 0 amide bonds. The first-order chi connectivity index (χ1) is 9.29. The van der Waals surface area contributed by atoms with Crippen molar-refractivity contribution in [2.24, 2.45) is 0 Å². The molecule has 106 valence electrons. The average molecular weight is 265 g/mol. The quantitative estimate of drug-likeness (QED) is 0.897. The van der Waals surface area contributed by atoms with Gasteiger partial charge in [-0.1, -0.05) is 26.2 Å². The van der Waals surface area contributed by atoms with E-state index < -0.39 is 0 Å². The summed E-state index contributed by atoms with van der Waals surface area (Å²) in [6.45, 7) is 4.61. The third-order valence-corrected chi connectivity index (χ3v) is 3.19. The number of hydrogen-bond acceptors (Lipinski definition) is 6. The van der Waals surface area contributed by atoms with E-state index in [1.807, 2.05) is 6.92 Å². The van der Waals surface area contributed by atoms with Crippen molar-refractivity contribution in [1.82, 2.24) is 15.0 Å². The van der Waals surface area contributed by atoms with Crippen molar-refractivity contribution < 1.29 is 4.74 Å². The third kappa shape index (κ3) is 4.22. The molecule has 6 nitrogen and oxygen atoms in total. The molecule has 1 aliphatic rings. The van der Waals surface area contributed by atoms with Crippen LogP contribution in [0, 0.1) is 0 Å². The van der Waals surface area contributed by atoms with Gasteiger partial charge in [-0.15, -0.1) is 0 Å². The highest BCUT2D eigenvalue weighted by atomic mass is 16.5. The number of ether oxygens (including phenoxy) is 1. The minimum absolute atomic E-state index is 0.234. The topological polar surface area (TPSA) is 77.2 Å². The zero-order valence-electron chi connectivity index (χ0n) is 11.6. The van der Waals surface area contributed by atoms with Crippen molar-refractivity contribution in [3.8, 4) is 6.01 Å². The maximum Gasteiger partial charge on any atom is 0.323 e. The molecule has 1 aliphatic heterocycles. The molecule has 1 saturated heterocycles.